The van der Waals surface area contributed by atoms with Gasteiger partial charge in [0.05, 0.1) is 12.7 Å². The van der Waals surface area contributed by atoms with E-state index in [0.29, 0.717) is 12.0 Å². The molecule has 1 aliphatic heterocycles. The third-order valence-corrected chi connectivity index (χ3v) is 2.67. The molecule has 84 valence electrons. The normalized spacial score (nSPS) is 20.1. The maximum atomic E-state index is 11.5. The lowest BCUT2D eigenvalue weighted by atomic mass is 10.0. The number of ether oxygens (including phenoxy) is 2. The van der Waals surface area contributed by atoms with Gasteiger partial charge in [0.2, 0.25) is 0 Å². The van der Waals surface area contributed by atoms with Crippen LogP contribution in [0.25, 0.3) is 0 Å². The van der Waals surface area contributed by atoms with Crippen molar-refractivity contribution in [3.63, 3.8) is 0 Å². The number of hydrogen-bond acceptors (Lipinski definition) is 3. The standard InChI is InChI=1S/C12H18O3/c1-5-8(3)11-7-9(12(13)14-4)10(6-2)15-11/h11H,3,5-7H2,1-2,4H3. The van der Waals surface area contributed by atoms with Crippen LogP contribution in [0.1, 0.15) is 33.1 Å². The Morgan fingerprint density at radius 2 is 2.27 bits per heavy atom. The van der Waals surface area contributed by atoms with E-state index in [9.17, 15) is 4.79 Å². The van der Waals surface area contributed by atoms with Crippen LogP contribution in [0.5, 0.6) is 0 Å². The predicted octanol–water partition coefficient (Wildman–Crippen LogP) is 2.58. The van der Waals surface area contributed by atoms with E-state index in [4.69, 9.17) is 9.47 Å². The van der Waals surface area contributed by atoms with Crippen LogP contribution in [0, 0.1) is 0 Å². The van der Waals surface area contributed by atoms with Crippen LogP contribution in [0.4, 0.5) is 0 Å². The highest BCUT2D eigenvalue weighted by Crippen LogP contribution is 2.32. The fourth-order valence-corrected chi connectivity index (χ4v) is 1.66. The maximum absolute atomic E-state index is 11.5. The lowest BCUT2D eigenvalue weighted by molar-refractivity contribution is -0.136. The van der Waals surface area contributed by atoms with Gasteiger partial charge in [-0.3, -0.25) is 0 Å². The van der Waals surface area contributed by atoms with Gasteiger partial charge in [-0.1, -0.05) is 20.4 Å². The summed E-state index contributed by atoms with van der Waals surface area (Å²) >= 11 is 0. The zero-order valence-corrected chi connectivity index (χ0v) is 9.63. The molecular formula is C12H18O3. The Kier molecular flexibility index (Phi) is 3.95. The molecular weight excluding hydrogens is 192 g/mol. The molecule has 0 saturated heterocycles. The molecule has 3 nitrogen and oxygen atoms in total. The van der Waals surface area contributed by atoms with Crippen molar-refractivity contribution in [1.29, 1.82) is 0 Å². The Labute approximate surface area is 90.8 Å². The van der Waals surface area contributed by atoms with E-state index in [2.05, 4.69) is 6.58 Å². The highest BCUT2D eigenvalue weighted by molar-refractivity contribution is 5.89. The fourth-order valence-electron chi connectivity index (χ4n) is 1.66. The molecule has 0 aromatic rings. The molecule has 1 aliphatic rings. The van der Waals surface area contributed by atoms with Gasteiger partial charge in [-0.25, -0.2) is 4.79 Å². The Morgan fingerprint density at radius 1 is 1.60 bits per heavy atom. The Morgan fingerprint density at radius 3 is 2.73 bits per heavy atom. The molecule has 1 unspecified atom stereocenters. The second-order valence-electron chi connectivity index (χ2n) is 3.57. The smallest absolute Gasteiger partial charge is 0.337 e. The van der Waals surface area contributed by atoms with Gasteiger partial charge in [0.15, 0.2) is 0 Å². The van der Waals surface area contributed by atoms with Crippen LogP contribution in [-0.2, 0) is 14.3 Å². The van der Waals surface area contributed by atoms with E-state index in [0.717, 1.165) is 24.2 Å². The summed E-state index contributed by atoms with van der Waals surface area (Å²) in [7, 11) is 1.39. The summed E-state index contributed by atoms with van der Waals surface area (Å²) in [6.07, 6.45) is 2.15. The molecule has 1 atom stereocenters. The topological polar surface area (TPSA) is 35.5 Å². The van der Waals surface area contributed by atoms with Gasteiger partial charge in [0.25, 0.3) is 0 Å². The highest BCUT2D eigenvalue weighted by atomic mass is 16.5. The van der Waals surface area contributed by atoms with Gasteiger partial charge in [-0.15, -0.1) is 0 Å². The van der Waals surface area contributed by atoms with E-state index in [1.807, 2.05) is 13.8 Å². The predicted molar refractivity (Wildman–Crippen MR) is 58.3 cm³/mol. The maximum Gasteiger partial charge on any atom is 0.337 e. The summed E-state index contributed by atoms with van der Waals surface area (Å²) < 4.78 is 10.4. The zero-order valence-electron chi connectivity index (χ0n) is 9.63. The first-order valence-corrected chi connectivity index (χ1v) is 5.28. The number of carbonyl (C=O) groups is 1. The zero-order chi connectivity index (χ0) is 11.4. The van der Waals surface area contributed by atoms with Crippen LogP contribution in [0.3, 0.4) is 0 Å². The molecule has 0 fully saturated rings. The molecule has 0 aromatic carbocycles. The lowest BCUT2D eigenvalue weighted by Crippen LogP contribution is -2.10. The number of rotatable bonds is 4. The first-order valence-electron chi connectivity index (χ1n) is 5.28. The van der Waals surface area contributed by atoms with Crippen LogP contribution in [0.15, 0.2) is 23.5 Å². The minimum absolute atomic E-state index is 0.0425. The molecule has 0 spiro atoms. The van der Waals surface area contributed by atoms with Gasteiger partial charge in [0, 0.05) is 12.8 Å². The summed E-state index contributed by atoms with van der Waals surface area (Å²) in [5.74, 6) is 0.472. The number of carbonyl (C=O) groups excluding carboxylic acids is 1. The van der Waals surface area contributed by atoms with Crippen molar-refractivity contribution in [1.82, 2.24) is 0 Å². The fraction of sp³-hybridized carbons (Fsp3) is 0.583. The summed E-state index contributed by atoms with van der Waals surface area (Å²) in [6.45, 7) is 7.94. The molecule has 1 rings (SSSR count). The summed E-state index contributed by atoms with van der Waals surface area (Å²) in [4.78, 5) is 11.5. The molecule has 0 radical (unpaired) electrons. The van der Waals surface area contributed by atoms with Gasteiger partial charge in [-0.05, 0) is 12.0 Å². The van der Waals surface area contributed by atoms with E-state index in [1.165, 1.54) is 7.11 Å². The van der Waals surface area contributed by atoms with Crippen molar-refractivity contribution in [3.8, 4) is 0 Å². The first kappa shape index (κ1) is 11.8. The number of methoxy groups -OCH3 is 1. The van der Waals surface area contributed by atoms with Gasteiger partial charge >= 0.3 is 5.97 Å². The molecule has 0 aromatic heterocycles. The molecule has 15 heavy (non-hydrogen) atoms. The first-order chi connectivity index (χ1) is 7.13. The van der Waals surface area contributed by atoms with Crippen LogP contribution in [0.2, 0.25) is 0 Å². The molecule has 0 saturated carbocycles. The molecule has 0 N–H and O–H groups in total. The van der Waals surface area contributed by atoms with Crippen LogP contribution < -0.4 is 0 Å². The summed E-state index contributed by atoms with van der Waals surface area (Å²) in [5.41, 5.74) is 1.69. The van der Waals surface area contributed by atoms with Crippen molar-refractivity contribution in [3.05, 3.63) is 23.5 Å². The number of hydrogen-bond donors (Lipinski definition) is 0. The van der Waals surface area contributed by atoms with E-state index in [-0.39, 0.29) is 12.1 Å². The van der Waals surface area contributed by atoms with Crippen molar-refractivity contribution in [2.24, 2.45) is 0 Å². The number of esters is 1. The quantitative estimate of drug-likeness (QED) is 0.528. The minimum Gasteiger partial charge on any atom is -0.490 e. The molecule has 0 bridgehead atoms. The molecule has 1 heterocycles. The average molecular weight is 210 g/mol. The second-order valence-corrected chi connectivity index (χ2v) is 3.57. The van der Waals surface area contributed by atoms with Crippen molar-refractivity contribution in [2.45, 2.75) is 39.2 Å². The summed E-state index contributed by atoms with van der Waals surface area (Å²) in [5, 5.41) is 0. The Bertz CT molecular complexity index is 302. The largest absolute Gasteiger partial charge is 0.490 e. The Hall–Kier alpha value is -1.25. The van der Waals surface area contributed by atoms with Crippen molar-refractivity contribution in [2.75, 3.05) is 7.11 Å². The lowest BCUT2D eigenvalue weighted by Gasteiger charge is -2.13. The second kappa shape index (κ2) is 5.01. The summed E-state index contributed by atoms with van der Waals surface area (Å²) in [6, 6.07) is 0. The van der Waals surface area contributed by atoms with E-state index < -0.39 is 0 Å². The average Bonchev–Trinajstić information content (AvgIpc) is 2.70. The van der Waals surface area contributed by atoms with Crippen molar-refractivity contribution >= 4 is 5.97 Å². The van der Waals surface area contributed by atoms with Crippen molar-refractivity contribution < 1.29 is 14.3 Å². The van der Waals surface area contributed by atoms with Crippen LogP contribution in [-0.4, -0.2) is 19.2 Å². The van der Waals surface area contributed by atoms with Gasteiger partial charge < -0.3 is 9.47 Å². The number of allylic oxidation sites excluding steroid dienone is 1. The Balaban J connectivity index is 2.77. The van der Waals surface area contributed by atoms with Gasteiger partial charge in [-0.2, -0.15) is 0 Å². The molecule has 0 amide bonds. The third-order valence-electron chi connectivity index (χ3n) is 2.67. The SMILES string of the molecule is C=C(CC)C1CC(C(=O)OC)=C(CC)O1. The third kappa shape index (κ3) is 2.41. The van der Waals surface area contributed by atoms with Gasteiger partial charge in [0.1, 0.15) is 11.9 Å². The van der Waals surface area contributed by atoms with E-state index in [1.54, 1.807) is 0 Å². The van der Waals surface area contributed by atoms with Crippen LogP contribution >= 0.6 is 0 Å². The molecule has 0 aliphatic carbocycles. The highest BCUT2D eigenvalue weighted by Gasteiger charge is 2.30. The van der Waals surface area contributed by atoms with E-state index >= 15 is 0 Å². The molecule has 3 heteroatoms. The minimum atomic E-state index is -0.279. The monoisotopic (exact) mass is 210 g/mol.